The van der Waals surface area contributed by atoms with Crippen molar-refractivity contribution in [2.24, 2.45) is 11.7 Å². The quantitative estimate of drug-likeness (QED) is 0.589. The predicted molar refractivity (Wildman–Crippen MR) is 39.4 cm³/mol. The highest BCUT2D eigenvalue weighted by molar-refractivity contribution is 5.72. The Morgan fingerprint density at radius 2 is 2.20 bits per heavy atom. The number of hydrogen-bond acceptors (Lipinski definition) is 3. The van der Waals surface area contributed by atoms with E-state index < -0.39 is 0 Å². The van der Waals surface area contributed by atoms with Crippen LogP contribution < -0.4 is 5.73 Å². The maximum absolute atomic E-state index is 10.9. The number of nitrogens with two attached hydrogens (primary N) is 1. The predicted octanol–water partition coefficient (Wildman–Crippen LogP) is 0.533. The van der Waals surface area contributed by atoms with Crippen molar-refractivity contribution >= 4 is 5.97 Å². The molecule has 0 heterocycles. The van der Waals surface area contributed by atoms with Crippen LogP contribution in [0.1, 0.15) is 20.3 Å². The second kappa shape index (κ2) is 4.28. The van der Waals surface area contributed by atoms with E-state index in [0.717, 1.165) is 6.42 Å². The fourth-order valence-electron chi connectivity index (χ4n) is 0.904. The first-order valence-electron chi connectivity index (χ1n) is 3.46. The normalized spacial score (nSPS) is 16.0. The van der Waals surface area contributed by atoms with Gasteiger partial charge in [-0.25, -0.2) is 0 Å². The highest BCUT2D eigenvalue weighted by Crippen LogP contribution is 2.07. The van der Waals surface area contributed by atoms with Crippen LogP contribution in [0.4, 0.5) is 0 Å². The van der Waals surface area contributed by atoms with Crippen LogP contribution in [-0.2, 0) is 9.53 Å². The third-order valence-corrected chi connectivity index (χ3v) is 1.58. The summed E-state index contributed by atoms with van der Waals surface area (Å²) in [6.07, 6.45) is 0.740. The van der Waals surface area contributed by atoms with Gasteiger partial charge in [-0.15, -0.1) is 0 Å². The van der Waals surface area contributed by atoms with Crippen LogP contribution in [0.5, 0.6) is 0 Å². The minimum atomic E-state index is -0.211. The first-order chi connectivity index (χ1) is 4.63. The molecule has 10 heavy (non-hydrogen) atoms. The lowest BCUT2D eigenvalue weighted by Crippen LogP contribution is -2.33. The Morgan fingerprint density at radius 3 is 2.30 bits per heavy atom. The van der Waals surface area contributed by atoms with Crippen LogP contribution >= 0.6 is 0 Å². The number of carbonyl (C=O) groups is 1. The Balaban J connectivity index is 3.93. The molecule has 0 rings (SSSR count). The average Bonchev–Trinajstić information content (AvgIpc) is 1.88. The minimum absolute atomic E-state index is 0.113. The zero-order valence-corrected chi connectivity index (χ0v) is 6.76. The van der Waals surface area contributed by atoms with Gasteiger partial charge in [0.05, 0.1) is 13.0 Å². The first-order valence-corrected chi connectivity index (χ1v) is 3.46. The molecule has 0 saturated carbocycles. The third-order valence-electron chi connectivity index (χ3n) is 1.58. The van der Waals surface area contributed by atoms with Gasteiger partial charge < -0.3 is 10.5 Å². The van der Waals surface area contributed by atoms with Crippen molar-refractivity contribution in [3.63, 3.8) is 0 Å². The van der Waals surface area contributed by atoms with Crippen LogP contribution in [0.25, 0.3) is 0 Å². The van der Waals surface area contributed by atoms with Crippen molar-refractivity contribution in [1.82, 2.24) is 0 Å². The Morgan fingerprint density at radius 1 is 1.70 bits per heavy atom. The largest absolute Gasteiger partial charge is 0.469 e. The van der Waals surface area contributed by atoms with E-state index in [1.807, 2.05) is 13.8 Å². The van der Waals surface area contributed by atoms with Crippen LogP contribution in [0, 0.1) is 5.92 Å². The molecule has 0 aliphatic rings. The van der Waals surface area contributed by atoms with Gasteiger partial charge >= 0.3 is 5.97 Å². The molecule has 0 aromatic rings. The summed E-state index contributed by atoms with van der Waals surface area (Å²) < 4.78 is 4.55. The van der Waals surface area contributed by atoms with Gasteiger partial charge in [0.1, 0.15) is 0 Å². The molecular formula is C7H15NO2. The van der Waals surface area contributed by atoms with Gasteiger partial charge in [0.25, 0.3) is 0 Å². The molecule has 60 valence electrons. The first kappa shape index (κ1) is 9.43. The lowest BCUT2D eigenvalue weighted by Gasteiger charge is -2.15. The van der Waals surface area contributed by atoms with E-state index in [-0.39, 0.29) is 17.9 Å². The van der Waals surface area contributed by atoms with E-state index in [2.05, 4.69) is 4.74 Å². The van der Waals surface area contributed by atoms with Gasteiger partial charge in [0, 0.05) is 6.04 Å². The van der Waals surface area contributed by atoms with Crippen molar-refractivity contribution in [2.75, 3.05) is 7.11 Å². The Labute approximate surface area is 61.5 Å². The SMILES string of the molecule is CC[C@H](C(=O)OC)[C@@H](C)N. The van der Waals surface area contributed by atoms with Crippen molar-refractivity contribution in [3.8, 4) is 0 Å². The van der Waals surface area contributed by atoms with Crippen LogP contribution in [0.15, 0.2) is 0 Å². The summed E-state index contributed by atoms with van der Waals surface area (Å²) >= 11 is 0. The van der Waals surface area contributed by atoms with E-state index in [0.29, 0.717) is 0 Å². The minimum Gasteiger partial charge on any atom is -0.469 e. The summed E-state index contributed by atoms with van der Waals surface area (Å²) in [5.41, 5.74) is 5.52. The molecule has 0 aromatic carbocycles. The number of rotatable bonds is 3. The molecule has 3 nitrogen and oxygen atoms in total. The fraction of sp³-hybridized carbons (Fsp3) is 0.857. The molecule has 0 bridgehead atoms. The lowest BCUT2D eigenvalue weighted by molar-refractivity contribution is -0.146. The molecule has 0 aliphatic heterocycles. The van der Waals surface area contributed by atoms with Gasteiger partial charge in [0.15, 0.2) is 0 Å². The van der Waals surface area contributed by atoms with Gasteiger partial charge in [-0.1, -0.05) is 6.92 Å². The number of methoxy groups -OCH3 is 1. The number of esters is 1. The Bertz CT molecular complexity index is 112. The van der Waals surface area contributed by atoms with Gasteiger partial charge in [-0.2, -0.15) is 0 Å². The lowest BCUT2D eigenvalue weighted by atomic mass is 10.00. The highest BCUT2D eigenvalue weighted by Gasteiger charge is 2.20. The number of hydrogen-bond donors (Lipinski definition) is 1. The fourth-order valence-corrected chi connectivity index (χ4v) is 0.904. The smallest absolute Gasteiger partial charge is 0.310 e. The molecular weight excluding hydrogens is 130 g/mol. The summed E-state index contributed by atoms with van der Waals surface area (Å²) in [6.45, 7) is 3.73. The second-order valence-electron chi connectivity index (χ2n) is 2.40. The molecule has 0 fully saturated rings. The molecule has 0 spiro atoms. The maximum atomic E-state index is 10.9. The zero-order valence-electron chi connectivity index (χ0n) is 6.76. The molecule has 0 amide bonds. The summed E-state index contributed by atoms with van der Waals surface area (Å²) in [5.74, 6) is -0.359. The van der Waals surface area contributed by atoms with E-state index in [1.165, 1.54) is 7.11 Å². The van der Waals surface area contributed by atoms with Crippen molar-refractivity contribution in [2.45, 2.75) is 26.3 Å². The zero-order chi connectivity index (χ0) is 8.15. The molecule has 3 heteroatoms. The van der Waals surface area contributed by atoms with E-state index in [9.17, 15) is 4.79 Å². The average molecular weight is 145 g/mol. The summed E-state index contributed by atoms with van der Waals surface area (Å²) in [6, 6.07) is -0.113. The monoisotopic (exact) mass is 145 g/mol. The summed E-state index contributed by atoms with van der Waals surface area (Å²) in [7, 11) is 1.38. The van der Waals surface area contributed by atoms with Gasteiger partial charge in [-0.05, 0) is 13.3 Å². The maximum Gasteiger partial charge on any atom is 0.310 e. The topological polar surface area (TPSA) is 52.3 Å². The molecule has 2 N–H and O–H groups in total. The van der Waals surface area contributed by atoms with Gasteiger partial charge in [-0.3, -0.25) is 4.79 Å². The number of ether oxygens (including phenoxy) is 1. The van der Waals surface area contributed by atoms with E-state index in [4.69, 9.17) is 5.73 Å². The van der Waals surface area contributed by atoms with Crippen molar-refractivity contribution < 1.29 is 9.53 Å². The van der Waals surface area contributed by atoms with Crippen molar-refractivity contribution in [1.29, 1.82) is 0 Å². The highest BCUT2D eigenvalue weighted by atomic mass is 16.5. The van der Waals surface area contributed by atoms with Crippen LogP contribution in [0.2, 0.25) is 0 Å². The molecule has 0 unspecified atom stereocenters. The summed E-state index contributed by atoms with van der Waals surface area (Å²) in [5, 5.41) is 0. The summed E-state index contributed by atoms with van der Waals surface area (Å²) in [4.78, 5) is 10.9. The van der Waals surface area contributed by atoms with Crippen LogP contribution in [0.3, 0.4) is 0 Å². The Hall–Kier alpha value is -0.570. The second-order valence-corrected chi connectivity index (χ2v) is 2.40. The standard InChI is InChI=1S/C7H15NO2/c1-4-6(5(2)8)7(9)10-3/h5-6H,4,8H2,1-3H3/t5-,6+/m1/s1. The van der Waals surface area contributed by atoms with Crippen LogP contribution in [-0.4, -0.2) is 19.1 Å². The van der Waals surface area contributed by atoms with E-state index in [1.54, 1.807) is 0 Å². The third kappa shape index (κ3) is 2.35. The molecule has 0 aliphatic carbocycles. The molecule has 2 atom stereocenters. The van der Waals surface area contributed by atoms with Gasteiger partial charge in [0.2, 0.25) is 0 Å². The molecule has 0 radical (unpaired) electrons. The van der Waals surface area contributed by atoms with Crippen molar-refractivity contribution in [3.05, 3.63) is 0 Å². The Kier molecular flexibility index (Phi) is 4.03. The molecule has 0 aromatic heterocycles. The number of carbonyl (C=O) groups excluding carboxylic acids is 1. The van der Waals surface area contributed by atoms with E-state index >= 15 is 0 Å². The molecule has 0 saturated heterocycles.